The molecule has 1 unspecified atom stereocenters. The normalized spacial score (nSPS) is 24.3. The molecule has 3 fully saturated rings. The van der Waals surface area contributed by atoms with Crippen molar-refractivity contribution >= 4 is 24.1 Å². The van der Waals surface area contributed by atoms with Crippen LogP contribution in [0.3, 0.4) is 0 Å². The number of hydroxylamine groups is 2. The number of amides is 4. The Balaban J connectivity index is 1.66. The van der Waals surface area contributed by atoms with E-state index >= 15 is 0 Å². The zero-order chi connectivity index (χ0) is 20.1. The van der Waals surface area contributed by atoms with E-state index in [-0.39, 0.29) is 30.2 Å². The first-order valence-corrected chi connectivity index (χ1v) is 10.6. The molecule has 0 bridgehead atoms. The number of hydrogen-bond donors (Lipinski definition) is 2. The van der Waals surface area contributed by atoms with E-state index in [4.69, 9.17) is 0 Å². The van der Waals surface area contributed by atoms with Crippen LogP contribution < -0.4 is 5.32 Å². The molecule has 1 saturated heterocycles. The van der Waals surface area contributed by atoms with Crippen molar-refractivity contribution in [2.75, 3.05) is 13.1 Å². The standard InChI is InChI=1S/C20H31N3O5/c24-13-22(28)12-16(14-6-1-2-7-14)20(27)23-11-5-10-17(23)19(26)21-18(25)15-8-3-4-9-15/h13-17,28H,1-12H2,(H,21,25,26)/t16?,17-/m0/s1. The van der Waals surface area contributed by atoms with E-state index in [1.807, 2.05) is 0 Å². The summed E-state index contributed by atoms with van der Waals surface area (Å²) in [6.07, 6.45) is 9.02. The van der Waals surface area contributed by atoms with Gasteiger partial charge in [-0.3, -0.25) is 29.7 Å². The molecule has 0 aromatic carbocycles. The fraction of sp³-hybridized carbons (Fsp3) is 0.800. The molecule has 4 amide bonds. The number of carbonyl (C=O) groups is 4. The highest BCUT2D eigenvalue weighted by atomic mass is 16.5. The smallest absolute Gasteiger partial charge is 0.249 e. The lowest BCUT2D eigenvalue weighted by Crippen LogP contribution is -2.52. The molecule has 0 radical (unpaired) electrons. The summed E-state index contributed by atoms with van der Waals surface area (Å²) in [6.45, 7) is 0.406. The van der Waals surface area contributed by atoms with Gasteiger partial charge in [0.25, 0.3) is 0 Å². The van der Waals surface area contributed by atoms with Crippen LogP contribution in [0.5, 0.6) is 0 Å². The Bertz CT molecular complexity index is 599. The predicted octanol–water partition coefficient (Wildman–Crippen LogP) is 1.46. The molecule has 2 atom stereocenters. The van der Waals surface area contributed by atoms with E-state index in [1.54, 1.807) is 4.90 Å². The maximum Gasteiger partial charge on any atom is 0.249 e. The summed E-state index contributed by atoms with van der Waals surface area (Å²) in [6, 6.07) is -0.648. The predicted molar refractivity (Wildman–Crippen MR) is 99.8 cm³/mol. The highest BCUT2D eigenvalue weighted by Gasteiger charge is 2.41. The summed E-state index contributed by atoms with van der Waals surface area (Å²) in [5.41, 5.74) is 0. The van der Waals surface area contributed by atoms with Crippen molar-refractivity contribution in [1.82, 2.24) is 15.3 Å². The number of carbonyl (C=O) groups excluding carboxylic acids is 4. The van der Waals surface area contributed by atoms with E-state index in [0.717, 1.165) is 51.4 Å². The minimum Gasteiger partial charge on any atom is -0.330 e. The van der Waals surface area contributed by atoms with E-state index in [0.29, 0.717) is 30.9 Å². The third-order valence-corrected chi connectivity index (χ3v) is 6.60. The molecule has 3 aliphatic rings. The minimum absolute atomic E-state index is 0.0567. The van der Waals surface area contributed by atoms with Gasteiger partial charge in [-0.05, 0) is 44.4 Å². The number of imide groups is 1. The number of nitrogens with one attached hydrogen (secondary N) is 1. The van der Waals surface area contributed by atoms with Gasteiger partial charge in [0.05, 0.1) is 12.5 Å². The lowest BCUT2D eigenvalue weighted by molar-refractivity contribution is -0.160. The molecule has 1 heterocycles. The second kappa shape index (κ2) is 9.49. The Morgan fingerprint density at radius 3 is 2.29 bits per heavy atom. The zero-order valence-electron chi connectivity index (χ0n) is 16.3. The molecule has 2 aliphatic carbocycles. The molecular weight excluding hydrogens is 362 g/mol. The SMILES string of the molecule is O=CN(O)CC(C(=O)N1CCC[C@H]1C(=O)NC(=O)C1CCCC1)C1CCCC1. The molecule has 3 rings (SSSR count). The number of hydrogen-bond acceptors (Lipinski definition) is 5. The second-order valence-electron chi connectivity index (χ2n) is 8.40. The lowest BCUT2D eigenvalue weighted by atomic mass is 9.89. The molecule has 2 saturated carbocycles. The maximum atomic E-state index is 13.2. The molecule has 2 N–H and O–H groups in total. The van der Waals surface area contributed by atoms with Crippen LogP contribution in [0.4, 0.5) is 0 Å². The van der Waals surface area contributed by atoms with Crippen molar-refractivity contribution in [2.24, 2.45) is 17.8 Å². The topological polar surface area (TPSA) is 107 Å². The summed E-state index contributed by atoms with van der Waals surface area (Å²) in [5, 5.41) is 12.7. The first-order chi connectivity index (χ1) is 13.5. The van der Waals surface area contributed by atoms with Gasteiger partial charge in [0.2, 0.25) is 24.1 Å². The number of nitrogens with zero attached hydrogens (tertiary/aromatic N) is 2. The minimum atomic E-state index is -0.648. The molecule has 0 aromatic rings. The fourth-order valence-corrected chi connectivity index (χ4v) is 5.04. The molecular formula is C20H31N3O5. The summed E-state index contributed by atoms with van der Waals surface area (Å²) < 4.78 is 0. The van der Waals surface area contributed by atoms with E-state index in [2.05, 4.69) is 5.32 Å². The van der Waals surface area contributed by atoms with Crippen LogP contribution in [0.25, 0.3) is 0 Å². The Morgan fingerprint density at radius 2 is 1.64 bits per heavy atom. The summed E-state index contributed by atoms with van der Waals surface area (Å²) >= 11 is 0. The molecule has 8 nitrogen and oxygen atoms in total. The van der Waals surface area contributed by atoms with Crippen molar-refractivity contribution in [3.05, 3.63) is 0 Å². The third-order valence-electron chi connectivity index (χ3n) is 6.60. The Labute approximate surface area is 165 Å². The van der Waals surface area contributed by atoms with Crippen molar-refractivity contribution in [1.29, 1.82) is 0 Å². The maximum absolute atomic E-state index is 13.2. The monoisotopic (exact) mass is 393 g/mol. The van der Waals surface area contributed by atoms with Gasteiger partial charge in [-0.25, -0.2) is 5.06 Å². The Hall–Kier alpha value is -1.96. The van der Waals surface area contributed by atoms with Crippen LogP contribution in [0.15, 0.2) is 0 Å². The highest BCUT2D eigenvalue weighted by molar-refractivity contribution is 6.00. The van der Waals surface area contributed by atoms with Gasteiger partial charge < -0.3 is 4.90 Å². The van der Waals surface area contributed by atoms with Crippen molar-refractivity contribution in [3.63, 3.8) is 0 Å². The van der Waals surface area contributed by atoms with Gasteiger partial charge in [-0.15, -0.1) is 0 Å². The van der Waals surface area contributed by atoms with Crippen molar-refractivity contribution in [3.8, 4) is 0 Å². The first kappa shape index (κ1) is 20.8. The van der Waals surface area contributed by atoms with Crippen LogP contribution >= 0.6 is 0 Å². The molecule has 28 heavy (non-hydrogen) atoms. The van der Waals surface area contributed by atoms with Crippen LogP contribution in [0.2, 0.25) is 0 Å². The fourth-order valence-electron chi connectivity index (χ4n) is 5.04. The van der Waals surface area contributed by atoms with Crippen molar-refractivity contribution in [2.45, 2.75) is 70.3 Å². The van der Waals surface area contributed by atoms with Crippen LogP contribution in [-0.4, -0.2) is 58.4 Å². The van der Waals surface area contributed by atoms with E-state index in [1.165, 1.54) is 0 Å². The van der Waals surface area contributed by atoms with Gasteiger partial charge in [-0.1, -0.05) is 25.7 Å². The Kier molecular flexibility index (Phi) is 7.04. The van der Waals surface area contributed by atoms with Crippen LogP contribution in [0.1, 0.15) is 64.2 Å². The molecule has 156 valence electrons. The quantitative estimate of drug-likeness (QED) is 0.295. The summed E-state index contributed by atoms with van der Waals surface area (Å²) in [4.78, 5) is 50.7. The summed E-state index contributed by atoms with van der Waals surface area (Å²) in [7, 11) is 0. The van der Waals surface area contributed by atoms with Crippen molar-refractivity contribution < 1.29 is 24.4 Å². The highest BCUT2D eigenvalue weighted by Crippen LogP contribution is 2.34. The molecule has 0 aromatic heterocycles. The zero-order valence-corrected chi connectivity index (χ0v) is 16.3. The molecule has 0 spiro atoms. The van der Waals surface area contributed by atoms with Gasteiger partial charge >= 0.3 is 0 Å². The van der Waals surface area contributed by atoms with Gasteiger partial charge in [0, 0.05) is 12.5 Å². The Morgan fingerprint density at radius 1 is 1.00 bits per heavy atom. The van der Waals surface area contributed by atoms with Crippen LogP contribution in [-0.2, 0) is 19.2 Å². The average molecular weight is 393 g/mol. The van der Waals surface area contributed by atoms with Gasteiger partial charge in [0.15, 0.2) is 0 Å². The molecule has 1 aliphatic heterocycles. The summed E-state index contributed by atoms with van der Waals surface area (Å²) in [5.74, 6) is -1.33. The number of likely N-dealkylation sites (tertiary alicyclic amines) is 1. The van der Waals surface area contributed by atoms with E-state index in [9.17, 15) is 24.4 Å². The number of rotatable bonds is 7. The van der Waals surface area contributed by atoms with Gasteiger partial charge in [0.1, 0.15) is 6.04 Å². The largest absolute Gasteiger partial charge is 0.330 e. The second-order valence-corrected chi connectivity index (χ2v) is 8.40. The molecule has 8 heteroatoms. The van der Waals surface area contributed by atoms with Crippen LogP contribution in [0, 0.1) is 17.8 Å². The first-order valence-electron chi connectivity index (χ1n) is 10.6. The lowest BCUT2D eigenvalue weighted by Gasteiger charge is -2.32. The van der Waals surface area contributed by atoms with E-state index < -0.39 is 17.9 Å². The third kappa shape index (κ3) is 4.71. The average Bonchev–Trinajstić information content (AvgIpc) is 3.46. The van der Waals surface area contributed by atoms with Gasteiger partial charge in [-0.2, -0.15) is 0 Å².